The van der Waals surface area contributed by atoms with Crippen LogP contribution in [0.3, 0.4) is 0 Å². The van der Waals surface area contributed by atoms with Gasteiger partial charge in [0.25, 0.3) is 0 Å². The summed E-state index contributed by atoms with van der Waals surface area (Å²) in [7, 11) is 0. The summed E-state index contributed by atoms with van der Waals surface area (Å²) in [5.41, 5.74) is 1.45. The summed E-state index contributed by atoms with van der Waals surface area (Å²) in [6.07, 6.45) is -0.738. The first-order chi connectivity index (χ1) is 11.5. The number of halogens is 2. The first kappa shape index (κ1) is 18.1. The quantitative estimate of drug-likeness (QED) is 0.811. The van der Waals surface area contributed by atoms with E-state index in [0.29, 0.717) is 15.6 Å². The van der Waals surface area contributed by atoms with E-state index in [4.69, 9.17) is 27.9 Å². The van der Waals surface area contributed by atoms with Crippen LogP contribution < -0.4 is 5.32 Å². The fourth-order valence-electron chi connectivity index (χ4n) is 2.01. The lowest BCUT2D eigenvalue weighted by atomic mass is 10.1. The monoisotopic (exact) mass is 367 g/mol. The molecule has 0 aliphatic rings. The van der Waals surface area contributed by atoms with Crippen LogP contribution in [0.2, 0.25) is 10.0 Å². The molecule has 7 heteroatoms. The minimum Gasteiger partial charge on any atom is -0.480 e. The molecular formula is C17H15Cl2NO4. The van der Waals surface area contributed by atoms with E-state index in [1.165, 1.54) is 0 Å². The topological polar surface area (TPSA) is 75.6 Å². The van der Waals surface area contributed by atoms with Crippen LogP contribution in [-0.2, 0) is 22.6 Å². The molecule has 2 rings (SSSR count). The Morgan fingerprint density at radius 3 is 2.38 bits per heavy atom. The summed E-state index contributed by atoms with van der Waals surface area (Å²) in [4.78, 5) is 23.1. The molecule has 0 fully saturated rings. The van der Waals surface area contributed by atoms with Gasteiger partial charge in [0, 0.05) is 6.42 Å². The van der Waals surface area contributed by atoms with Crippen molar-refractivity contribution in [3.05, 3.63) is 69.7 Å². The van der Waals surface area contributed by atoms with Crippen LogP contribution in [0.15, 0.2) is 48.5 Å². The number of hydrogen-bond donors (Lipinski definition) is 2. The second-order valence-electron chi connectivity index (χ2n) is 5.05. The summed E-state index contributed by atoms with van der Waals surface area (Å²) in [6.45, 7) is 0.0613. The zero-order valence-electron chi connectivity index (χ0n) is 12.5. The van der Waals surface area contributed by atoms with E-state index < -0.39 is 18.1 Å². The minimum absolute atomic E-state index is 0.0613. The van der Waals surface area contributed by atoms with E-state index >= 15 is 0 Å². The molecule has 0 radical (unpaired) electrons. The third-order valence-corrected chi connectivity index (χ3v) is 3.97. The molecule has 24 heavy (non-hydrogen) atoms. The van der Waals surface area contributed by atoms with Crippen LogP contribution in [0.25, 0.3) is 0 Å². The molecule has 0 unspecified atom stereocenters. The van der Waals surface area contributed by atoms with Crippen LogP contribution >= 0.6 is 23.2 Å². The first-order valence-electron chi connectivity index (χ1n) is 7.09. The number of aliphatic carboxylic acids is 1. The zero-order valence-corrected chi connectivity index (χ0v) is 14.1. The molecule has 0 saturated carbocycles. The molecule has 0 aromatic heterocycles. The lowest BCUT2D eigenvalue weighted by Crippen LogP contribution is -2.42. The van der Waals surface area contributed by atoms with E-state index in [1.54, 1.807) is 30.3 Å². The van der Waals surface area contributed by atoms with Gasteiger partial charge in [-0.2, -0.15) is 0 Å². The third kappa shape index (κ3) is 5.44. The van der Waals surface area contributed by atoms with Crippen molar-refractivity contribution in [2.24, 2.45) is 0 Å². The molecule has 0 spiro atoms. The number of nitrogens with one attached hydrogen (secondary N) is 1. The molecule has 0 aliphatic carbocycles. The molecule has 126 valence electrons. The van der Waals surface area contributed by atoms with E-state index in [9.17, 15) is 14.7 Å². The highest BCUT2D eigenvalue weighted by Crippen LogP contribution is 2.23. The molecule has 0 saturated heterocycles. The van der Waals surface area contributed by atoms with Gasteiger partial charge in [-0.3, -0.25) is 0 Å². The molecule has 0 bridgehead atoms. The van der Waals surface area contributed by atoms with Gasteiger partial charge in [0.15, 0.2) is 0 Å². The van der Waals surface area contributed by atoms with E-state index in [-0.39, 0.29) is 13.0 Å². The number of hydrogen-bond acceptors (Lipinski definition) is 3. The molecular weight excluding hydrogens is 353 g/mol. The van der Waals surface area contributed by atoms with E-state index in [2.05, 4.69) is 5.32 Å². The molecule has 0 aliphatic heterocycles. The average Bonchev–Trinajstić information content (AvgIpc) is 2.56. The van der Waals surface area contributed by atoms with Crippen molar-refractivity contribution in [3.63, 3.8) is 0 Å². The molecule has 1 atom stereocenters. The molecule has 2 N–H and O–H groups in total. The van der Waals surface area contributed by atoms with Crippen molar-refractivity contribution in [2.45, 2.75) is 19.1 Å². The van der Waals surface area contributed by atoms with E-state index in [0.717, 1.165) is 5.56 Å². The van der Waals surface area contributed by atoms with Gasteiger partial charge in [-0.05, 0) is 23.3 Å². The molecule has 1 amide bonds. The normalized spacial score (nSPS) is 11.6. The smallest absolute Gasteiger partial charge is 0.408 e. The summed E-state index contributed by atoms with van der Waals surface area (Å²) >= 11 is 11.7. The third-order valence-electron chi connectivity index (χ3n) is 3.23. The number of ether oxygens (including phenoxy) is 1. The van der Waals surface area contributed by atoms with Crippen molar-refractivity contribution < 1.29 is 19.4 Å². The Morgan fingerprint density at radius 2 is 1.75 bits per heavy atom. The average molecular weight is 368 g/mol. The Morgan fingerprint density at radius 1 is 1.04 bits per heavy atom. The van der Waals surface area contributed by atoms with Crippen molar-refractivity contribution in [1.82, 2.24) is 5.32 Å². The fraction of sp³-hybridized carbons (Fsp3) is 0.176. The van der Waals surface area contributed by atoms with Gasteiger partial charge in [-0.25, -0.2) is 9.59 Å². The SMILES string of the molecule is O=C(N[C@@H](Cc1ccc(Cl)c(Cl)c1)C(=O)O)OCc1ccccc1. The van der Waals surface area contributed by atoms with Crippen LogP contribution in [0.5, 0.6) is 0 Å². The summed E-state index contributed by atoms with van der Waals surface area (Å²) < 4.78 is 5.03. The predicted molar refractivity (Wildman–Crippen MR) is 91.4 cm³/mol. The second-order valence-corrected chi connectivity index (χ2v) is 5.86. The highest BCUT2D eigenvalue weighted by molar-refractivity contribution is 6.42. The fourth-order valence-corrected chi connectivity index (χ4v) is 2.33. The predicted octanol–water partition coefficient (Wildman–Crippen LogP) is 3.92. The Hall–Kier alpha value is -2.24. The van der Waals surface area contributed by atoms with Crippen LogP contribution in [0.4, 0.5) is 4.79 Å². The number of carboxylic acid groups (broad SMARTS) is 1. The highest BCUT2D eigenvalue weighted by Gasteiger charge is 2.21. The maximum absolute atomic E-state index is 11.8. The highest BCUT2D eigenvalue weighted by atomic mass is 35.5. The summed E-state index contributed by atoms with van der Waals surface area (Å²) in [5.74, 6) is -1.17. The van der Waals surface area contributed by atoms with Crippen molar-refractivity contribution in [3.8, 4) is 0 Å². The van der Waals surface area contributed by atoms with Crippen molar-refractivity contribution >= 4 is 35.3 Å². The second kappa shape index (κ2) is 8.57. The number of rotatable bonds is 6. The van der Waals surface area contributed by atoms with Gasteiger partial charge in [-0.1, -0.05) is 59.6 Å². The van der Waals surface area contributed by atoms with Gasteiger partial charge >= 0.3 is 12.1 Å². The Labute approximate surface area is 149 Å². The van der Waals surface area contributed by atoms with Gasteiger partial charge in [-0.15, -0.1) is 0 Å². The molecule has 2 aromatic carbocycles. The molecule has 2 aromatic rings. The molecule has 0 heterocycles. The van der Waals surface area contributed by atoms with Crippen LogP contribution in [0, 0.1) is 0 Å². The lowest BCUT2D eigenvalue weighted by Gasteiger charge is -2.15. The van der Waals surface area contributed by atoms with Gasteiger partial charge in [0.1, 0.15) is 12.6 Å². The van der Waals surface area contributed by atoms with Gasteiger partial charge < -0.3 is 15.2 Å². The summed E-state index contributed by atoms with van der Waals surface area (Å²) in [6, 6.07) is 12.8. The standard InChI is InChI=1S/C17H15Cl2NO4/c18-13-7-6-12(8-14(13)19)9-15(16(21)22)20-17(23)24-10-11-4-2-1-3-5-11/h1-8,15H,9-10H2,(H,20,23)(H,21,22)/t15-/m0/s1. The molecule has 5 nitrogen and oxygen atoms in total. The number of carbonyl (C=O) groups is 2. The largest absolute Gasteiger partial charge is 0.480 e. The van der Waals surface area contributed by atoms with Crippen LogP contribution in [0.1, 0.15) is 11.1 Å². The maximum Gasteiger partial charge on any atom is 0.408 e. The number of alkyl carbamates (subject to hydrolysis) is 1. The maximum atomic E-state index is 11.8. The zero-order chi connectivity index (χ0) is 17.5. The Kier molecular flexibility index (Phi) is 6.46. The number of amides is 1. The van der Waals surface area contributed by atoms with E-state index in [1.807, 2.05) is 18.2 Å². The number of carboxylic acids is 1. The first-order valence-corrected chi connectivity index (χ1v) is 7.85. The number of benzene rings is 2. The minimum atomic E-state index is -1.17. The lowest BCUT2D eigenvalue weighted by molar-refractivity contribution is -0.139. The summed E-state index contributed by atoms with van der Waals surface area (Å²) in [5, 5.41) is 12.3. The Bertz CT molecular complexity index is 722. The van der Waals surface area contributed by atoms with Crippen molar-refractivity contribution in [1.29, 1.82) is 0 Å². The van der Waals surface area contributed by atoms with Gasteiger partial charge in [0.05, 0.1) is 10.0 Å². The van der Waals surface area contributed by atoms with Gasteiger partial charge in [0.2, 0.25) is 0 Å². The van der Waals surface area contributed by atoms with Crippen molar-refractivity contribution in [2.75, 3.05) is 0 Å². The van der Waals surface area contributed by atoms with Crippen LogP contribution in [-0.4, -0.2) is 23.2 Å². The number of carbonyl (C=O) groups excluding carboxylic acids is 1. The Balaban J connectivity index is 1.93.